The minimum Gasteiger partial charge on any atom is -0.457 e. The topological polar surface area (TPSA) is 131 Å². The number of halogens is 2. The molecule has 3 aromatic carbocycles. The molecule has 5 rings (SSSR count). The molecule has 2 atom stereocenters. The lowest BCUT2D eigenvalue weighted by Gasteiger charge is -2.27. The quantitative estimate of drug-likeness (QED) is 0.219. The molecule has 0 radical (unpaired) electrons. The number of alkyl carbamates (subject to hydrolysis) is 1. The van der Waals surface area contributed by atoms with Crippen molar-refractivity contribution in [2.75, 3.05) is 4.90 Å². The van der Waals surface area contributed by atoms with Crippen LogP contribution in [-0.2, 0) is 27.2 Å². The van der Waals surface area contributed by atoms with Crippen molar-refractivity contribution < 1.29 is 32.3 Å². The van der Waals surface area contributed by atoms with Crippen LogP contribution in [0.4, 0.5) is 19.3 Å². The third kappa shape index (κ3) is 7.41. The van der Waals surface area contributed by atoms with E-state index in [0.717, 1.165) is 6.07 Å². The number of amides is 2. The Morgan fingerprint density at radius 2 is 1.74 bits per heavy atom. The second-order valence-electron chi connectivity index (χ2n) is 13.1. The van der Waals surface area contributed by atoms with E-state index in [1.54, 1.807) is 58.9 Å². The van der Waals surface area contributed by atoms with Gasteiger partial charge in [-0.05, 0) is 83.5 Å². The highest BCUT2D eigenvalue weighted by Crippen LogP contribution is 2.44. The molecule has 0 aliphatic carbocycles. The third-order valence-electron chi connectivity index (χ3n) is 7.49. The molecule has 0 saturated carbocycles. The summed E-state index contributed by atoms with van der Waals surface area (Å²) in [6.07, 6.45) is -1.39. The van der Waals surface area contributed by atoms with Crippen LogP contribution in [0.2, 0.25) is 0 Å². The van der Waals surface area contributed by atoms with Crippen molar-refractivity contribution in [2.24, 2.45) is 0 Å². The number of fused-ring (bicyclic) bond motifs is 1. The molecule has 1 N–H and O–H groups in total. The predicted molar refractivity (Wildman–Crippen MR) is 169 cm³/mol. The Kier molecular flexibility index (Phi) is 8.77. The summed E-state index contributed by atoms with van der Waals surface area (Å²) in [5.41, 5.74) is -3.89. The lowest BCUT2D eigenvalue weighted by atomic mass is 9.90. The van der Waals surface area contributed by atoms with Crippen molar-refractivity contribution in [3.8, 4) is 29.0 Å². The summed E-state index contributed by atoms with van der Waals surface area (Å²) >= 11 is 0. The van der Waals surface area contributed by atoms with Crippen LogP contribution in [0.1, 0.15) is 65.0 Å². The van der Waals surface area contributed by atoms with Gasteiger partial charge in [0.15, 0.2) is 0 Å². The maximum absolute atomic E-state index is 16.6. The van der Waals surface area contributed by atoms with Crippen molar-refractivity contribution in [1.82, 2.24) is 15.5 Å². The summed E-state index contributed by atoms with van der Waals surface area (Å²) in [5, 5.41) is 19.9. The first-order chi connectivity index (χ1) is 22.1. The molecule has 1 aliphatic heterocycles. The van der Waals surface area contributed by atoms with Gasteiger partial charge in [0.25, 0.3) is 5.89 Å². The Hall–Kier alpha value is -5.31. The van der Waals surface area contributed by atoms with E-state index in [1.165, 1.54) is 17.9 Å². The van der Waals surface area contributed by atoms with Crippen molar-refractivity contribution in [3.63, 3.8) is 0 Å². The number of para-hydroxylation sites is 1. The van der Waals surface area contributed by atoms with Gasteiger partial charge in [-0.2, -0.15) is 5.26 Å². The van der Waals surface area contributed by atoms with Crippen molar-refractivity contribution in [3.05, 3.63) is 89.6 Å². The summed E-state index contributed by atoms with van der Waals surface area (Å²) in [6, 6.07) is 19.1. The van der Waals surface area contributed by atoms with Gasteiger partial charge in [0.1, 0.15) is 40.0 Å². The Morgan fingerprint density at radius 1 is 1.09 bits per heavy atom. The number of nitrogens with one attached hydrogen (secondary N) is 1. The molecule has 2 heterocycles. The molecule has 10 nitrogen and oxygen atoms in total. The fourth-order valence-corrected chi connectivity index (χ4v) is 5.08. The lowest BCUT2D eigenvalue weighted by Crippen LogP contribution is -2.50. The maximum Gasteiger partial charge on any atom is 0.408 e. The Morgan fingerprint density at radius 3 is 2.38 bits per heavy atom. The van der Waals surface area contributed by atoms with E-state index in [1.807, 2.05) is 30.3 Å². The van der Waals surface area contributed by atoms with Gasteiger partial charge < -0.3 is 24.1 Å². The monoisotopic (exact) mass is 643 g/mol. The summed E-state index contributed by atoms with van der Waals surface area (Å²) in [7, 11) is 0. The zero-order valence-electron chi connectivity index (χ0n) is 26.9. The van der Waals surface area contributed by atoms with Crippen LogP contribution in [0.3, 0.4) is 0 Å². The number of aromatic nitrogens is 2. The molecular weight excluding hydrogens is 608 g/mol. The summed E-state index contributed by atoms with van der Waals surface area (Å²) < 4.78 is 49.2. The second-order valence-corrected chi connectivity index (χ2v) is 13.1. The molecule has 0 fully saturated rings. The number of nitriles is 1. The molecule has 0 saturated heterocycles. The normalized spacial score (nSPS) is 18.1. The van der Waals surface area contributed by atoms with Gasteiger partial charge in [-0.25, -0.2) is 13.6 Å². The fourth-order valence-electron chi connectivity index (χ4n) is 5.08. The lowest BCUT2D eigenvalue weighted by molar-refractivity contribution is -0.121. The average Bonchev–Trinajstić information content (AvgIpc) is 3.49. The highest BCUT2D eigenvalue weighted by molar-refractivity contribution is 6.01. The molecule has 244 valence electrons. The second kappa shape index (κ2) is 12.5. The first kappa shape index (κ1) is 33.1. The summed E-state index contributed by atoms with van der Waals surface area (Å²) in [4.78, 5) is 28.3. The molecular formula is C35H35F2N5O5. The molecule has 4 aromatic rings. The Balaban J connectivity index is 1.56. The van der Waals surface area contributed by atoms with Crippen LogP contribution in [0, 0.1) is 17.1 Å². The number of alkyl halides is 1. The van der Waals surface area contributed by atoms with Gasteiger partial charge in [0.2, 0.25) is 11.8 Å². The first-order valence-electron chi connectivity index (χ1n) is 15.0. The zero-order valence-corrected chi connectivity index (χ0v) is 26.9. The first-order valence-corrected chi connectivity index (χ1v) is 15.0. The summed E-state index contributed by atoms with van der Waals surface area (Å²) in [6.45, 7) is 9.29. The number of rotatable bonds is 7. The van der Waals surface area contributed by atoms with Crippen LogP contribution >= 0.6 is 0 Å². The number of hydrogen-bond donors (Lipinski definition) is 1. The number of carbonyl (C=O) groups excluding carboxylic acids is 2. The van der Waals surface area contributed by atoms with Crippen LogP contribution in [0.15, 0.2) is 71.1 Å². The standard InChI is InChI=1S/C35H35F2N5O5/c1-33(2,3)47-32(44)39-27-18-35(6,37)25-17-26(36)24(29-40-41-31(46-29)34(4,5)20-38)16-28(25)42(30(27)43)19-21-12-14-23(15-13-21)45-22-10-8-7-9-11-22/h7-17,27H,18-19H2,1-6H3,(H,39,44)/t27-,35?/m1/s1. The van der Waals surface area contributed by atoms with Gasteiger partial charge in [0, 0.05) is 12.0 Å². The molecule has 0 spiro atoms. The highest BCUT2D eigenvalue weighted by atomic mass is 19.1. The van der Waals surface area contributed by atoms with Crippen LogP contribution in [0.25, 0.3) is 11.5 Å². The van der Waals surface area contributed by atoms with Crippen LogP contribution in [-0.4, -0.2) is 33.8 Å². The maximum atomic E-state index is 16.6. The number of nitrogens with zero attached hydrogens (tertiary/aromatic N) is 4. The molecule has 12 heteroatoms. The van der Waals surface area contributed by atoms with Crippen molar-refractivity contribution in [2.45, 2.75) is 77.2 Å². The predicted octanol–water partition coefficient (Wildman–Crippen LogP) is 7.48. The molecule has 1 unspecified atom stereocenters. The highest BCUT2D eigenvalue weighted by Gasteiger charge is 2.44. The van der Waals surface area contributed by atoms with Crippen LogP contribution < -0.4 is 15.0 Å². The van der Waals surface area contributed by atoms with Gasteiger partial charge in [-0.15, -0.1) is 10.2 Å². The van der Waals surface area contributed by atoms with Gasteiger partial charge in [0.05, 0.1) is 23.9 Å². The van der Waals surface area contributed by atoms with E-state index in [9.17, 15) is 14.9 Å². The van der Waals surface area contributed by atoms with E-state index in [4.69, 9.17) is 13.9 Å². The molecule has 47 heavy (non-hydrogen) atoms. The molecule has 2 amide bonds. The van der Waals surface area contributed by atoms with Crippen LogP contribution in [0.5, 0.6) is 11.5 Å². The van der Waals surface area contributed by atoms with E-state index in [0.29, 0.717) is 17.1 Å². The number of carbonyl (C=O) groups is 2. The SMILES string of the molecule is CC(C)(C)OC(=O)N[C@@H]1CC(C)(F)c2cc(F)c(-c3nnc(C(C)(C)C#N)o3)cc2N(Cc2ccc(Oc3ccccc3)cc2)C1=O. The number of hydrogen-bond acceptors (Lipinski definition) is 8. The van der Waals surface area contributed by atoms with E-state index in [2.05, 4.69) is 21.6 Å². The third-order valence-corrected chi connectivity index (χ3v) is 7.49. The van der Waals surface area contributed by atoms with Gasteiger partial charge >= 0.3 is 6.09 Å². The van der Waals surface area contributed by atoms with E-state index < -0.39 is 47.0 Å². The van der Waals surface area contributed by atoms with Crippen molar-refractivity contribution in [1.29, 1.82) is 5.26 Å². The molecule has 1 aromatic heterocycles. The molecule has 0 bridgehead atoms. The number of anilines is 1. The zero-order chi connectivity index (χ0) is 34.1. The smallest absolute Gasteiger partial charge is 0.408 e. The number of ether oxygens (including phenoxy) is 2. The fraction of sp³-hybridized carbons (Fsp3) is 0.343. The summed E-state index contributed by atoms with van der Waals surface area (Å²) in [5.74, 6) is -0.589. The molecule has 1 aliphatic rings. The largest absolute Gasteiger partial charge is 0.457 e. The van der Waals surface area contributed by atoms with Gasteiger partial charge in [-0.1, -0.05) is 30.3 Å². The van der Waals surface area contributed by atoms with E-state index >= 15 is 8.78 Å². The minimum absolute atomic E-state index is 0.0351. The minimum atomic E-state index is -2.27. The Bertz CT molecular complexity index is 1830. The van der Waals surface area contributed by atoms with E-state index in [-0.39, 0.29) is 35.1 Å². The van der Waals surface area contributed by atoms with Crippen molar-refractivity contribution >= 4 is 17.7 Å². The average molecular weight is 644 g/mol. The Labute approximate surface area is 271 Å². The number of benzene rings is 3. The van der Waals surface area contributed by atoms with Gasteiger partial charge in [-0.3, -0.25) is 4.79 Å².